The third kappa shape index (κ3) is 4.27. The van der Waals surface area contributed by atoms with E-state index in [2.05, 4.69) is 9.62 Å². The highest BCUT2D eigenvalue weighted by molar-refractivity contribution is 7.91. The first-order valence-corrected chi connectivity index (χ1v) is 12.1. The second-order valence-corrected chi connectivity index (χ2v) is 10.8. The highest BCUT2D eigenvalue weighted by Crippen LogP contribution is 2.38. The van der Waals surface area contributed by atoms with Crippen molar-refractivity contribution >= 4 is 27.3 Å². The minimum absolute atomic E-state index is 0.123. The van der Waals surface area contributed by atoms with Crippen LogP contribution in [0.3, 0.4) is 0 Å². The molecule has 0 bridgehead atoms. The number of fused-ring (bicyclic) bond motifs is 1. The van der Waals surface area contributed by atoms with Crippen LogP contribution in [0, 0.1) is 11.8 Å². The Kier molecular flexibility index (Phi) is 6.05. The zero-order valence-corrected chi connectivity index (χ0v) is 17.3. The molecule has 3 fully saturated rings. The fourth-order valence-electron chi connectivity index (χ4n) is 4.67. The molecule has 1 aliphatic carbocycles. The summed E-state index contributed by atoms with van der Waals surface area (Å²) in [4.78, 5) is 16.6. The molecule has 1 saturated carbocycles. The zero-order valence-electron chi connectivity index (χ0n) is 15.7. The van der Waals surface area contributed by atoms with Gasteiger partial charge in [-0.05, 0) is 36.1 Å². The summed E-state index contributed by atoms with van der Waals surface area (Å²) < 4.78 is 32.4. The van der Waals surface area contributed by atoms with Crippen molar-refractivity contribution in [2.75, 3.05) is 45.9 Å². The van der Waals surface area contributed by atoms with Gasteiger partial charge in [0.05, 0.1) is 25.9 Å². The second-order valence-electron chi connectivity index (χ2n) is 7.83. The van der Waals surface area contributed by atoms with E-state index in [4.69, 9.17) is 4.74 Å². The molecule has 2 saturated heterocycles. The number of rotatable bonds is 5. The van der Waals surface area contributed by atoms with Crippen LogP contribution in [0.1, 0.15) is 12.8 Å². The van der Waals surface area contributed by atoms with Gasteiger partial charge in [-0.2, -0.15) is 0 Å². The smallest absolute Gasteiger partial charge is 0.250 e. The number of carbonyl (C=O) groups is 1. The lowest BCUT2D eigenvalue weighted by molar-refractivity contribution is -0.129. The van der Waals surface area contributed by atoms with Crippen LogP contribution in [0.2, 0.25) is 0 Å². The van der Waals surface area contributed by atoms with Crippen molar-refractivity contribution in [2.45, 2.75) is 29.2 Å². The monoisotopic (exact) mass is 429 g/mol. The number of aliphatic hydroxyl groups is 1. The van der Waals surface area contributed by atoms with Crippen molar-refractivity contribution in [2.24, 2.45) is 11.8 Å². The van der Waals surface area contributed by atoms with Gasteiger partial charge < -0.3 is 14.7 Å². The molecule has 0 spiro atoms. The highest BCUT2D eigenvalue weighted by Gasteiger charge is 2.44. The van der Waals surface area contributed by atoms with Crippen LogP contribution in [0.15, 0.2) is 21.7 Å². The molecule has 0 aromatic carbocycles. The Labute approximate surface area is 169 Å². The topological polar surface area (TPSA) is 99.2 Å². The summed E-state index contributed by atoms with van der Waals surface area (Å²) in [5, 5.41) is 12.3. The fraction of sp³-hybridized carbons (Fsp3) is 0.722. The van der Waals surface area contributed by atoms with Gasteiger partial charge >= 0.3 is 0 Å². The van der Waals surface area contributed by atoms with Gasteiger partial charge in [0, 0.05) is 32.2 Å². The van der Waals surface area contributed by atoms with Crippen LogP contribution in [0.25, 0.3) is 0 Å². The molecule has 10 heteroatoms. The normalized spacial score (nSPS) is 31.7. The Bertz CT molecular complexity index is 779. The number of nitrogens with zero attached hydrogens (tertiary/aromatic N) is 2. The molecule has 1 aromatic heterocycles. The summed E-state index contributed by atoms with van der Waals surface area (Å²) in [7, 11) is -3.64. The summed E-state index contributed by atoms with van der Waals surface area (Å²) in [6, 6.07) is 3.31. The minimum atomic E-state index is -3.64. The van der Waals surface area contributed by atoms with E-state index in [1.165, 1.54) is 6.07 Å². The molecule has 3 heterocycles. The van der Waals surface area contributed by atoms with Crippen molar-refractivity contribution in [3.63, 3.8) is 0 Å². The van der Waals surface area contributed by atoms with E-state index in [0.29, 0.717) is 38.6 Å². The maximum atomic E-state index is 12.6. The predicted molar refractivity (Wildman–Crippen MR) is 104 cm³/mol. The number of morpholine rings is 1. The molecule has 2 aliphatic heterocycles. The molecule has 1 aromatic rings. The van der Waals surface area contributed by atoms with Gasteiger partial charge in [-0.15, -0.1) is 11.3 Å². The van der Waals surface area contributed by atoms with E-state index in [9.17, 15) is 18.3 Å². The summed E-state index contributed by atoms with van der Waals surface area (Å²) in [5.41, 5.74) is 0. The molecular formula is C18H27N3O5S2. The molecule has 28 heavy (non-hydrogen) atoms. The van der Waals surface area contributed by atoms with Crippen molar-refractivity contribution in [1.29, 1.82) is 0 Å². The summed E-state index contributed by atoms with van der Waals surface area (Å²) in [6.45, 7) is 4.08. The fourth-order valence-corrected chi connectivity index (χ4v) is 6.68. The lowest BCUT2D eigenvalue weighted by atomic mass is 9.77. The van der Waals surface area contributed by atoms with Crippen molar-refractivity contribution in [3.05, 3.63) is 17.5 Å². The van der Waals surface area contributed by atoms with Gasteiger partial charge in [0.1, 0.15) is 4.21 Å². The molecule has 4 atom stereocenters. The standard InChI is InChI=1S/C18H27N3O5S2/c22-16-9-14-12-21(11-13(14)8-15(16)20-3-5-26-6-4-20)17(23)10-19-28(24,25)18-2-1-7-27-18/h1-2,7,13-16,19,22H,3-6,8-12H2/t13-,14+,15-,16-/m1/s1. The number of carbonyl (C=O) groups excluding carboxylic acids is 1. The van der Waals surface area contributed by atoms with Gasteiger partial charge in [0.15, 0.2) is 0 Å². The third-order valence-corrected chi connectivity index (χ3v) is 8.95. The maximum Gasteiger partial charge on any atom is 0.250 e. The van der Waals surface area contributed by atoms with Gasteiger partial charge in [-0.25, -0.2) is 13.1 Å². The molecular weight excluding hydrogens is 402 g/mol. The molecule has 156 valence electrons. The first kappa shape index (κ1) is 20.2. The largest absolute Gasteiger partial charge is 0.391 e. The number of likely N-dealkylation sites (tertiary alicyclic amines) is 1. The number of ether oxygens (including phenoxy) is 1. The van der Waals surface area contributed by atoms with Crippen LogP contribution in [-0.2, 0) is 19.6 Å². The molecule has 4 rings (SSSR count). The number of sulfonamides is 1. The number of thiophene rings is 1. The first-order chi connectivity index (χ1) is 13.4. The number of hydrogen-bond acceptors (Lipinski definition) is 7. The zero-order chi connectivity index (χ0) is 19.7. The molecule has 1 amide bonds. The summed E-state index contributed by atoms with van der Waals surface area (Å²) in [6.07, 6.45) is 1.18. The Morgan fingerprint density at radius 3 is 2.64 bits per heavy atom. The molecule has 3 aliphatic rings. The van der Waals surface area contributed by atoms with Crippen LogP contribution >= 0.6 is 11.3 Å². The lowest BCUT2D eigenvalue weighted by Crippen LogP contribution is -2.53. The third-order valence-electron chi connectivity index (χ3n) is 6.15. The van der Waals surface area contributed by atoms with E-state index >= 15 is 0 Å². The Morgan fingerprint density at radius 2 is 1.96 bits per heavy atom. The summed E-state index contributed by atoms with van der Waals surface area (Å²) >= 11 is 1.13. The minimum Gasteiger partial charge on any atom is -0.391 e. The first-order valence-electron chi connectivity index (χ1n) is 9.75. The van der Waals surface area contributed by atoms with E-state index in [1.54, 1.807) is 16.3 Å². The Hall–Kier alpha value is -1.04. The maximum absolute atomic E-state index is 12.6. The SMILES string of the molecule is O=C(CNS(=O)(=O)c1cccs1)N1C[C@H]2C[C@@H](N3CCOCC3)[C@H](O)C[C@H]2C1. The van der Waals surface area contributed by atoms with Gasteiger partial charge in [0.2, 0.25) is 5.91 Å². The van der Waals surface area contributed by atoms with Crippen molar-refractivity contribution in [3.8, 4) is 0 Å². The highest BCUT2D eigenvalue weighted by atomic mass is 32.2. The molecule has 2 N–H and O–H groups in total. The Morgan fingerprint density at radius 1 is 1.25 bits per heavy atom. The average molecular weight is 430 g/mol. The van der Waals surface area contributed by atoms with Crippen LogP contribution in [0.5, 0.6) is 0 Å². The number of amides is 1. The quantitative estimate of drug-likeness (QED) is 0.681. The van der Waals surface area contributed by atoms with Crippen LogP contribution in [-0.4, -0.2) is 87.3 Å². The van der Waals surface area contributed by atoms with Crippen molar-refractivity contribution < 1.29 is 23.1 Å². The van der Waals surface area contributed by atoms with Crippen LogP contribution < -0.4 is 4.72 Å². The Balaban J connectivity index is 1.32. The lowest BCUT2D eigenvalue weighted by Gasteiger charge is -2.43. The number of hydrogen-bond donors (Lipinski definition) is 2. The van der Waals surface area contributed by atoms with Gasteiger partial charge in [0.25, 0.3) is 10.0 Å². The predicted octanol–water partition coefficient (Wildman–Crippen LogP) is -0.0435. The summed E-state index contributed by atoms with van der Waals surface area (Å²) in [5.74, 6) is 0.436. The number of nitrogens with one attached hydrogen (secondary N) is 1. The average Bonchev–Trinajstić information content (AvgIpc) is 3.36. The van der Waals surface area contributed by atoms with E-state index in [0.717, 1.165) is 30.8 Å². The van der Waals surface area contributed by atoms with Crippen LogP contribution in [0.4, 0.5) is 0 Å². The van der Waals surface area contributed by atoms with Crippen molar-refractivity contribution in [1.82, 2.24) is 14.5 Å². The number of aliphatic hydroxyl groups excluding tert-OH is 1. The van der Waals surface area contributed by atoms with E-state index in [-0.39, 0.29) is 34.7 Å². The molecule has 0 unspecified atom stereocenters. The van der Waals surface area contributed by atoms with Gasteiger partial charge in [-0.3, -0.25) is 9.69 Å². The second kappa shape index (κ2) is 8.37. The van der Waals surface area contributed by atoms with Gasteiger partial charge in [-0.1, -0.05) is 6.07 Å². The van der Waals surface area contributed by atoms with E-state index in [1.807, 2.05) is 0 Å². The molecule has 0 radical (unpaired) electrons. The van der Waals surface area contributed by atoms with E-state index < -0.39 is 10.0 Å². The molecule has 8 nitrogen and oxygen atoms in total.